The molecule has 4 heteroatoms. The zero-order valence-electron chi connectivity index (χ0n) is 8.78. The first-order chi connectivity index (χ1) is 7.27. The molecule has 0 amide bonds. The average Bonchev–Trinajstić information content (AvgIpc) is 2.29. The largest absolute Gasteiger partial charge is 0.464 e. The molecule has 0 radical (unpaired) electrons. The lowest BCUT2D eigenvalue weighted by molar-refractivity contribution is 0.0593. The summed E-state index contributed by atoms with van der Waals surface area (Å²) in [4.78, 5) is 18.9. The number of carbonyl (C=O) groups is 1. The predicted molar refractivity (Wildman–Crippen MR) is 55.2 cm³/mol. The minimum atomic E-state index is -0.490. The summed E-state index contributed by atoms with van der Waals surface area (Å²) in [6, 6.07) is 0. The number of esters is 1. The molecule has 0 aliphatic rings. The molecule has 0 saturated heterocycles. The van der Waals surface area contributed by atoms with E-state index in [-0.39, 0.29) is 5.69 Å². The molecule has 15 heavy (non-hydrogen) atoms. The van der Waals surface area contributed by atoms with Gasteiger partial charge >= 0.3 is 5.97 Å². The van der Waals surface area contributed by atoms with E-state index in [1.165, 1.54) is 19.5 Å². The van der Waals surface area contributed by atoms with E-state index in [0.717, 1.165) is 12.8 Å². The maximum atomic E-state index is 11.0. The van der Waals surface area contributed by atoms with Crippen LogP contribution in [0.4, 0.5) is 0 Å². The van der Waals surface area contributed by atoms with Crippen LogP contribution in [0.5, 0.6) is 0 Å². The highest BCUT2D eigenvalue weighted by Gasteiger charge is 2.05. The van der Waals surface area contributed by atoms with Crippen LogP contribution in [0, 0.1) is 11.8 Å². The third-order valence-electron chi connectivity index (χ3n) is 1.64. The van der Waals surface area contributed by atoms with Crippen LogP contribution in [0.2, 0.25) is 0 Å². The molecule has 1 heterocycles. The number of aromatic nitrogens is 2. The van der Waals surface area contributed by atoms with Gasteiger partial charge in [-0.05, 0) is 12.3 Å². The van der Waals surface area contributed by atoms with Gasteiger partial charge in [-0.15, -0.1) is 0 Å². The van der Waals surface area contributed by atoms with E-state index in [2.05, 4.69) is 33.5 Å². The van der Waals surface area contributed by atoms with Crippen LogP contribution < -0.4 is 0 Å². The van der Waals surface area contributed by atoms with Crippen molar-refractivity contribution in [1.29, 1.82) is 0 Å². The number of ether oxygens (including phenoxy) is 1. The Morgan fingerprint density at radius 2 is 2.27 bits per heavy atom. The number of carbonyl (C=O) groups excluding carboxylic acids is 1. The topological polar surface area (TPSA) is 52.1 Å². The van der Waals surface area contributed by atoms with Crippen molar-refractivity contribution in [3.8, 4) is 11.8 Å². The van der Waals surface area contributed by atoms with E-state index in [0.29, 0.717) is 5.69 Å². The first-order valence-electron chi connectivity index (χ1n) is 4.67. The lowest BCUT2D eigenvalue weighted by atomic mass is 10.3. The van der Waals surface area contributed by atoms with E-state index in [1.807, 2.05) is 0 Å². The minimum Gasteiger partial charge on any atom is -0.464 e. The second-order valence-electron chi connectivity index (χ2n) is 2.83. The van der Waals surface area contributed by atoms with E-state index in [9.17, 15) is 4.79 Å². The molecule has 1 rings (SSSR count). The summed E-state index contributed by atoms with van der Waals surface area (Å²) in [7, 11) is 1.30. The maximum absolute atomic E-state index is 11.0. The normalized spacial score (nSPS) is 8.93. The van der Waals surface area contributed by atoms with Gasteiger partial charge < -0.3 is 4.74 Å². The van der Waals surface area contributed by atoms with Crippen LogP contribution in [0.25, 0.3) is 0 Å². The van der Waals surface area contributed by atoms with Gasteiger partial charge in [0.15, 0.2) is 5.69 Å². The summed E-state index contributed by atoms with van der Waals surface area (Å²) in [5.74, 6) is 5.31. The van der Waals surface area contributed by atoms with Gasteiger partial charge in [-0.25, -0.2) is 14.8 Å². The Kier molecular flexibility index (Phi) is 4.30. The number of hydrogen-bond donors (Lipinski definition) is 0. The molecule has 0 bridgehead atoms. The summed E-state index contributed by atoms with van der Waals surface area (Å²) in [6.07, 6.45) is 4.68. The van der Waals surface area contributed by atoms with E-state index in [1.54, 1.807) is 0 Å². The molecule has 1 aromatic heterocycles. The molecule has 0 N–H and O–H groups in total. The van der Waals surface area contributed by atoms with Gasteiger partial charge in [0.2, 0.25) is 0 Å². The Bertz CT molecular complexity index is 387. The summed E-state index contributed by atoms with van der Waals surface area (Å²) < 4.78 is 4.50. The molecule has 0 atom stereocenters. The number of rotatable bonds is 2. The zero-order valence-corrected chi connectivity index (χ0v) is 8.78. The quantitative estimate of drug-likeness (QED) is 0.540. The number of nitrogens with zero attached hydrogens (tertiary/aromatic N) is 2. The van der Waals surface area contributed by atoms with Gasteiger partial charge in [0.25, 0.3) is 0 Å². The van der Waals surface area contributed by atoms with Gasteiger partial charge in [0, 0.05) is 6.42 Å². The number of methoxy groups -OCH3 is 1. The van der Waals surface area contributed by atoms with Gasteiger partial charge in [0.05, 0.1) is 19.5 Å². The fourth-order valence-corrected chi connectivity index (χ4v) is 0.881. The third-order valence-corrected chi connectivity index (χ3v) is 1.64. The van der Waals surface area contributed by atoms with Crippen LogP contribution in [0.15, 0.2) is 12.4 Å². The molecule has 78 valence electrons. The summed E-state index contributed by atoms with van der Waals surface area (Å²) in [5, 5.41) is 0. The van der Waals surface area contributed by atoms with Crippen LogP contribution in [-0.4, -0.2) is 23.0 Å². The Hall–Kier alpha value is -1.89. The highest BCUT2D eigenvalue weighted by molar-refractivity contribution is 5.86. The van der Waals surface area contributed by atoms with E-state index in [4.69, 9.17) is 0 Å². The Morgan fingerprint density at radius 1 is 1.47 bits per heavy atom. The molecule has 1 aromatic rings. The summed E-state index contributed by atoms with van der Waals surface area (Å²) >= 11 is 0. The summed E-state index contributed by atoms with van der Waals surface area (Å²) in [6.45, 7) is 2.06. The summed E-state index contributed by atoms with van der Waals surface area (Å²) in [5.41, 5.74) is 0.759. The lowest BCUT2D eigenvalue weighted by Gasteiger charge is -1.96. The van der Waals surface area contributed by atoms with Crippen LogP contribution in [0.3, 0.4) is 0 Å². The molecule has 0 unspecified atom stereocenters. The SMILES string of the molecule is CCCC#Cc1cnc(C(=O)OC)cn1. The molecule has 0 aromatic carbocycles. The second kappa shape index (κ2) is 5.76. The Morgan fingerprint density at radius 3 is 2.80 bits per heavy atom. The van der Waals surface area contributed by atoms with Crippen LogP contribution >= 0.6 is 0 Å². The van der Waals surface area contributed by atoms with Crippen molar-refractivity contribution in [2.24, 2.45) is 0 Å². The van der Waals surface area contributed by atoms with Crippen molar-refractivity contribution in [2.75, 3.05) is 7.11 Å². The van der Waals surface area contributed by atoms with E-state index < -0.39 is 5.97 Å². The average molecular weight is 204 g/mol. The molecular formula is C11H12N2O2. The predicted octanol–water partition coefficient (Wildman–Crippen LogP) is 1.41. The number of unbranched alkanes of at least 4 members (excludes halogenated alkanes) is 1. The monoisotopic (exact) mass is 204 g/mol. The van der Waals surface area contributed by atoms with Gasteiger partial charge in [-0.1, -0.05) is 12.8 Å². The van der Waals surface area contributed by atoms with Crippen molar-refractivity contribution in [1.82, 2.24) is 9.97 Å². The van der Waals surface area contributed by atoms with Gasteiger partial charge in [-0.2, -0.15) is 0 Å². The molecule has 0 spiro atoms. The van der Waals surface area contributed by atoms with Crippen molar-refractivity contribution < 1.29 is 9.53 Å². The number of hydrogen-bond acceptors (Lipinski definition) is 4. The molecule has 0 fully saturated rings. The lowest BCUT2D eigenvalue weighted by Crippen LogP contribution is -2.04. The van der Waals surface area contributed by atoms with Crippen molar-refractivity contribution in [3.63, 3.8) is 0 Å². The molecule has 0 aliphatic heterocycles. The zero-order chi connectivity index (χ0) is 11.1. The standard InChI is InChI=1S/C11H12N2O2/c1-3-4-5-6-9-7-13-10(8-12-9)11(14)15-2/h7-8H,3-4H2,1-2H3. The van der Waals surface area contributed by atoms with E-state index >= 15 is 0 Å². The first-order valence-corrected chi connectivity index (χ1v) is 4.67. The van der Waals surface area contributed by atoms with Crippen molar-refractivity contribution >= 4 is 5.97 Å². The molecule has 0 saturated carbocycles. The highest BCUT2D eigenvalue weighted by atomic mass is 16.5. The molecule has 0 aliphatic carbocycles. The molecule has 4 nitrogen and oxygen atoms in total. The highest BCUT2D eigenvalue weighted by Crippen LogP contribution is 1.96. The van der Waals surface area contributed by atoms with Crippen LogP contribution in [0.1, 0.15) is 35.9 Å². The fourth-order valence-electron chi connectivity index (χ4n) is 0.881. The maximum Gasteiger partial charge on any atom is 0.358 e. The Balaban J connectivity index is 2.73. The molecular weight excluding hydrogens is 192 g/mol. The van der Waals surface area contributed by atoms with Crippen molar-refractivity contribution in [3.05, 3.63) is 23.8 Å². The smallest absolute Gasteiger partial charge is 0.358 e. The Labute approximate surface area is 88.7 Å². The third kappa shape index (κ3) is 3.39. The van der Waals surface area contributed by atoms with Gasteiger partial charge in [0.1, 0.15) is 5.69 Å². The van der Waals surface area contributed by atoms with Crippen molar-refractivity contribution in [2.45, 2.75) is 19.8 Å². The fraction of sp³-hybridized carbons (Fsp3) is 0.364. The first kappa shape index (κ1) is 11.2. The van der Waals surface area contributed by atoms with Crippen LogP contribution in [-0.2, 0) is 4.74 Å². The van der Waals surface area contributed by atoms with Gasteiger partial charge in [-0.3, -0.25) is 0 Å². The minimum absolute atomic E-state index is 0.193. The second-order valence-corrected chi connectivity index (χ2v) is 2.83.